The minimum absolute atomic E-state index is 0.301. The average Bonchev–Trinajstić information content (AvgIpc) is 2.48. The summed E-state index contributed by atoms with van der Waals surface area (Å²) in [6.07, 6.45) is 4.90. The Morgan fingerprint density at radius 1 is 1.50 bits per heavy atom. The van der Waals surface area contributed by atoms with Crippen molar-refractivity contribution in [3.63, 3.8) is 0 Å². The van der Waals surface area contributed by atoms with E-state index in [9.17, 15) is 0 Å². The first-order valence-corrected chi connectivity index (χ1v) is 6.20. The predicted molar refractivity (Wildman–Crippen MR) is 60.8 cm³/mol. The second-order valence-electron chi connectivity index (χ2n) is 4.21. The summed E-state index contributed by atoms with van der Waals surface area (Å²) in [4.78, 5) is 6.05. The minimum atomic E-state index is 0.301. The Hall–Kier alpha value is -0.410. The number of hydrogen-bond donors (Lipinski definition) is 1. The highest BCUT2D eigenvalue weighted by atomic mass is 32.1. The summed E-state index contributed by atoms with van der Waals surface area (Å²) in [7, 11) is 0. The maximum Gasteiger partial charge on any atom is 0.0928 e. The molecule has 0 aliphatic heterocycles. The van der Waals surface area contributed by atoms with Crippen LogP contribution in [-0.2, 0) is 11.8 Å². The first-order valence-electron chi connectivity index (χ1n) is 5.39. The highest BCUT2D eigenvalue weighted by Gasteiger charge is 2.40. The molecule has 2 rings (SSSR count). The third kappa shape index (κ3) is 1.39. The van der Waals surface area contributed by atoms with E-state index in [1.165, 1.54) is 34.8 Å². The molecule has 0 radical (unpaired) electrons. The van der Waals surface area contributed by atoms with E-state index in [1.807, 2.05) is 11.3 Å². The lowest BCUT2D eigenvalue weighted by atomic mass is 9.67. The number of hydrogen-bond acceptors (Lipinski definition) is 3. The van der Waals surface area contributed by atoms with Gasteiger partial charge in [-0.05, 0) is 26.2 Å². The van der Waals surface area contributed by atoms with Crippen LogP contribution in [0.25, 0.3) is 0 Å². The summed E-state index contributed by atoms with van der Waals surface area (Å²) in [5.74, 6) is 0. The van der Waals surface area contributed by atoms with Crippen molar-refractivity contribution in [2.45, 2.75) is 44.9 Å². The van der Waals surface area contributed by atoms with E-state index in [4.69, 9.17) is 5.73 Å². The Balaban J connectivity index is 2.34. The third-order valence-electron chi connectivity index (χ3n) is 3.33. The Morgan fingerprint density at radius 2 is 2.21 bits per heavy atom. The zero-order valence-corrected chi connectivity index (χ0v) is 9.78. The second kappa shape index (κ2) is 3.63. The molecule has 1 heterocycles. The summed E-state index contributed by atoms with van der Waals surface area (Å²) in [6, 6.07) is 0. The molecule has 14 heavy (non-hydrogen) atoms. The van der Waals surface area contributed by atoms with Gasteiger partial charge in [-0.2, -0.15) is 0 Å². The lowest BCUT2D eigenvalue weighted by Gasteiger charge is -2.40. The zero-order chi connectivity index (χ0) is 10.2. The van der Waals surface area contributed by atoms with Crippen molar-refractivity contribution in [3.8, 4) is 0 Å². The Labute approximate surface area is 89.5 Å². The van der Waals surface area contributed by atoms with Gasteiger partial charge in [0.2, 0.25) is 0 Å². The van der Waals surface area contributed by atoms with Crippen molar-refractivity contribution >= 4 is 11.3 Å². The highest BCUT2D eigenvalue weighted by molar-refractivity contribution is 7.11. The molecule has 1 fully saturated rings. The van der Waals surface area contributed by atoms with E-state index < -0.39 is 0 Å². The Morgan fingerprint density at radius 3 is 2.57 bits per heavy atom. The van der Waals surface area contributed by atoms with E-state index >= 15 is 0 Å². The van der Waals surface area contributed by atoms with Gasteiger partial charge in [0.25, 0.3) is 0 Å². The lowest BCUT2D eigenvalue weighted by molar-refractivity contribution is 0.257. The predicted octanol–water partition coefficient (Wildman–Crippen LogP) is 2.39. The summed E-state index contributed by atoms with van der Waals surface area (Å²) >= 11 is 1.88. The van der Waals surface area contributed by atoms with Gasteiger partial charge >= 0.3 is 0 Å². The Kier molecular flexibility index (Phi) is 2.62. The van der Waals surface area contributed by atoms with Gasteiger partial charge in [0.15, 0.2) is 0 Å². The largest absolute Gasteiger partial charge is 0.330 e. The molecule has 2 N–H and O–H groups in total. The standard InChI is InChI=1S/C11H18N2S/c1-3-9-13-8(2)10(14-9)11(7-12)5-4-6-11/h3-7,12H2,1-2H3. The van der Waals surface area contributed by atoms with Crippen LogP contribution in [-0.4, -0.2) is 11.5 Å². The summed E-state index contributed by atoms with van der Waals surface area (Å²) in [6.45, 7) is 5.08. The maximum absolute atomic E-state index is 5.90. The fourth-order valence-electron chi connectivity index (χ4n) is 2.22. The van der Waals surface area contributed by atoms with Crippen LogP contribution in [0.15, 0.2) is 0 Å². The summed E-state index contributed by atoms with van der Waals surface area (Å²) < 4.78 is 0. The number of aryl methyl sites for hydroxylation is 2. The monoisotopic (exact) mass is 210 g/mol. The number of nitrogens with two attached hydrogens (primary N) is 1. The van der Waals surface area contributed by atoms with Crippen molar-refractivity contribution in [2.75, 3.05) is 6.54 Å². The van der Waals surface area contributed by atoms with Crippen LogP contribution in [0.5, 0.6) is 0 Å². The molecule has 0 atom stereocenters. The molecule has 2 nitrogen and oxygen atoms in total. The van der Waals surface area contributed by atoms with Crippen molar-refractivity contribution in [2.24, 2.45) is 5.73 Å². The summed E-state index contributed by atoms with van der Waals surface area (Å²) in [5, 5.41) is 1.26. The van der Waals surface area contributed by atoms with E-state index in [1.54, 1.807) is 0 Å². The average molecular weight is 210 g/mol. The molecular weight excluding hydrogens is 192 g/mol. The second-order valence-corrected chi connectivity index (χ2v) is 5.30. The molecular formula is C11H18N2S. The molecule has 78 valence electrons. The van der Waals surface area contributed by atoms with Gasteiger partial charge in [0, 0.05) is 16.8 Å². The van der Waals surface area contributed by atoms with E-state index in [-0.39, 0.29) is 0 Å². The Bertz CT molecular complexity index is 321. The van der Waals surface area contributed by atoms with Crippen molar-refractivity contribution in [1.29, 1.82) is 0 Å². The van der Waals surface area contributed by atoms with Gasteiger partial charge < -0.3 is 5.73 Å². The number of thiazole rings is 1. The summed E-state index contributed by atoms with van der Waals surface area (Å²) in [5.41, 5.74) is 7.42. The van der Waals surface area contributed by atoms with Gasteiger partial charge in [-0.3, -0.25) is 0 Å². The molecule has 1 aromatic rings. The van der Waals surface area contributed by atoms with Gasteiger partial charge in [-0.25, -0.2) is 4.98 Å². The molecule has 0 amide bonds. The molecule has 3 heteroatoms. The lowest BCUT2D eigenvalue weighted by Crippen LogP contribution is -2.41. The maximum atomic E-state index is 5.90. The van der Waals surface area contributed by atoms with Crippen LogP contribution in [0.2, 0.25) is 0 Å². The van der Waals surface area contributed by atoms with Crippen molar-refractivity contribution in [3.05, 3.63) is 15.6 Å². The third-order valence-corrected chi connectivity index (χ3v) is 4.87. The van der Waals surface area contributed by atoms with Crippen LogP contribution in [0.3, 0.4) is 0 Å². The van der Waals surface area contributed by atoms with Crippen LogP contribution >= 0.6 is 11.3 Å². The molecule has 1 aliphatic rings. The van der Waals surface area contributed by atoms with Crippen LogP contribution in [0.4, 0.5) is 0 Å². The van der Waals surface area contributed by atoms with Gasteiger partial charge in [-0.15, -0.1) is 11.3 Å². The molecule has 0 bridgehead atoms. The van der Waals surface area contributed by atoms with E-state index in [0.717, 1.165) is 13.0 Å². The van der Waals surface area contributed by atoms with Crippen molar-refractivity contribution < 1.29 is 0 Å². The van der Waals surface area contributed by atoms with Gasteiger partial charge in [0.1, 0.15) is 0 Å². The topological polar surface area (TPSA) is 38.9 Å². The van der Waals surface area contributed by atoms with Gasteiger partial charge in [-0.1, -0.05) is 13.3 Å². The first kappa shape index (κ1) is 10.1. The normalized spacial score (nSPS) is 19.4. The molecule has 1 aliphatic carbocycles. The van der Waals surface area contributed by atoms with Crippen LogP contribution in [0, 0.1) is 6.92 Å². The smallest absolute Gasteiger partial charge is 0.0928 e. The minimum Gasteiger partial charge on any atom is -0.330 e. The first-order chi connectivity index (χ1) is 6.72. The fraction of sp³-hybridized carbons (Fsp3) is 0.727. The molecule has 1 saturated carbocycles. The molecule has 1 aromatic heterocycles. The van der Waals surface area contributed by atoms with Crippen LogP contribution < -0.4 is 5.73 Å². The molecule has 0 unspecified atom stereocenters. The SMILES string of the molecule is CCc1nc(C)c(C2(CN)CCC2)s1. The molecule has 0 aromatic carbocycles. The zero-order valence-electron chi connectivity index (χ0n) is 8.97. The number of nitrogens with zero attached hydrogens (tertiary/aromatic N) is 1. The quantitative estimate of drug-likeness (QED) is 0.832. The van der Waals surface area contributed by atoms with Crippen LogP contribution in [0.1, 0.15) is 41.8 Å². The number of aromatic nitrogens is 1. The van der Waals surface area contributed by atoms with Gasteiger partial charge in [0.05, 0.1) is 10.7 Å². The highest BCUT2D eigenvalue weighted by Crippen LogP contribution is 2.46. The fourth-order valence-corrected chi connectivity index (χ4v) is 3.48. The van der Waals surface area contributed by atoms with E-state index in [0.29, 0.717) is 5.41 Å². The van der Waals surface area contributed by atoms with E-state index in [2.05, 4.69) is 18.8 Å². The molecule has 0 spiro atoms. The number of rotatable bonds is 3. The van der Waals surface area contributed by atoms with Crippen molar-refractivity contribution in [1.82, 2.24) is 4.98 Å². The molecule has 0 saturated heterocycles.